The molecule has 21 heavy (non-hydrogen) atoms. The van der Waals surface area contributed by atoms with Gasteiger partial charge < -0.3 is 10.1 Å². The minimum absolute atomic E-state index is 0.698. The normalized spacial score (nSPS) is 14.0. The van der Waals surface area contributed by atoms with Crippen LogP contribution in [0.5, 0.6) is 5.75 Å². The Morgan fingerprint density at radius 3 is 2.81 bits per heavy atom. The first-order valence-electron chi connectivity index (χ1n) is 7.52. The molecule has 3 nitrogen and oxygen atoms in total. The van der Waals surface area contributed by atoms with E-state index in [2.05, 4.69) is 38.2 Å². The molecule has 4 heteroatoms. The lowest BCUT2D eigenvalue weighted by Gasteiger charge is -2.11. The SMILES string of the molecule is Cc1cc(C)c(OCCc2nc3c(s2)CNCC3)cc1C. The first-order valence-corrected chi connectivity index (χ1v) is 8.34. The largest absolute Gasteiger partial charge is 0.493 e. The molecule has 3 rings (SSSR count). The number of aryl methyl sites for hydroxylation is 3. The van der Waals surface area contributed by atoms with E-state index in [0.717, 1.165) is 31.7 Å². The Kier molecular flexibility index (Phi) is 4.27. The summed E-state index contributed by atoms with van der Waals surface area (Å²) in [4.78, 5) is 6.14. The highest BCUT2D eigenvalue weighted by atomic mass is 32.1. The molecule has 0 bridgehead atoms. The zero-order valence-electron chi connectivity index (χ0n) is 13.0. The van der Waals surface area contributed by atoms with Gasteiger partial charge in [-0.25, -0.2) is 4.98 Å². The van der Waals surface area contributed by atoms with E-state index in [1.54, 1.807) is 0 Å². The van der Waals surface area contributed by atoms with Gasteiger partial charge in [-0.3, -0.25) is 0 Å². The van der Waals surface area contributed by atoms with Crippen molar-refractivity contribution in [1.82, 2.24) is 10.3 Å². The smallest absolute Gasteiger partial charge is 0.122 e. The third-order valence-corrected chi connectivity index (χ3v) is 5.17. The highest BCUT2D eigenvalue weighted by molar-refractivity contribution is 7.11. The summed E-state index contributed by atoms with van der Waals surface area (Å²) in [6.07, 6.45) is 1.95. The molecule has 1 aliphatic heterocycles. The second-order valence-corrected chi connectivity index (χ2v) is 6.87. The van der Waals surface area contributed by atoms with Crippen molar-refractivity contribution < 1.29 is 4.74 Å². The van der Waals surface area contributed by atoms with Crippen LogP contribution in [-0.2, 0) is 19.4 Å². The van der Waals surface area contributed by atoms with Gasteiger partial charge in [0.05, 0.1) is 17.3 Å². The summed E-state index contributed by atoms with van der Waals surface area (Å²) >= 11 is 1.83. The number of fused-ring (bicyclic) bond motifs is 1. The van der Waals surface area contributed by atoms with E-state index in [4.69, 9.17) is 9.72 Å². The van der Waals surface area contributed by atoms with Crippen molar-refractivity contribution >= 4 is 11.3 Å². The van der Waals surface area contributed by atoms with Gasteiger partial charge in [0.25, 0.3) is 0 Å². The molecule has 0 aliphatic carbocycles. The first-order chi connectivity index (χ1) is 10.1. The van der Waals surface area contributed by atoms with Crippen LogP contribution in [0.4, 0.5) is 0 Å². The number of benzene rings is 1. The number of aromatic nitrogens is 1. The van der Waals surface area contributed by atoms with Crippen molar-refractivity contribution in [2.24, 2.45) is 0 Å². The standard InChI is InChI=1S/C17H22N2OS/c1-11-8-13(3)15(9-12(11)2)20-7-5-17-19-14-4-6-18-10-16(14)21-17/h8-9,18H,4-7,10H2,1-3H3. The number of rotatable bonds is 4. The summed E-state index contributed by atoms with van der Waals surface area (Å²) < 4.78 is 5.96. The molecule has 1 aromatic heterocycles. The molecule has 1 N–H and O–H groups in total. The number of hydrogen-bond acceptors (Lipinski definition) is 4. The van der Waals surface area contributed by atoms with Gasteiger partial charge >= 0.3 is 0 Å². The number of thiazole rings is 1. The maximum absolute atomic E-state index is 5.96. The Morgan fingerprint density at radius 2 is 2.00 bits per heavy atom. The van der Waals surface area contributed by atoms with Gasteiger partial charge in [0.2, 0.25) is 0 Å². The summed E-state index contributed by atoms with van der Waals surface area (Å²) in [6.45, 7) is 9.10. The Bertz CT molecular complexity index is 625. The summed E-state index contributed by atoms with van der Waals surface area (Å²) in [5.41, 5.74) is 5.10. The van der Waals surface area contributed by atoms with Crippen LogP contribution in [0.2, 0.25) is 0 Å². The molecule has 1 aromatic carbocycles. The molecule has 112 valence electrons. The maximum Gasteiger partial charge on any atom is 0.122 e. The lowest BCUT2D eigenvalue weighted by molar-refractivity contribution is 0.319. The van der Waals surface area contributed by atoms with Crippen LogP contribution in [-0.4, -0.2) is 18.1 Å². The van der Waals surface area contributed by atoms with Gasteiger partial charge in [0.15, 0.2) is 0 Å². The van der Waals surface area contributed by atoms with Crippen molar-refractivity contribution in [3.8, 4) is 5.75 Å². The quantitative estimate of drug-likeness (QED) is 0.940. The van der Waals surface area contributed by atoms with Gasteiger partial charge in [-0.1, -0.05) is 6.07 Å². The monoisotopic (exact) mass is 302 g/mol. The van der Waals surface area contributed by atoms with E-state index in [1.807, 2.05) is 11.3 Å². The van der Waals surface area contributed by atoms with E-state index in [-0.39, 0.29) is 0 Å². The van der Waals surface area contributed by atoms with E-state index in [1.165, 1.54) is 32.3 Å². The zero-order valence-corrected chi connectivity index (χ0v) is 13.8. The molecule has 1 aliphatic rings. The van der Waals surface area contributed by atoms with Crippen LogP contribution < -0.4 is 10.1 Å². The summed E-state index contributed by atoms with van der Waals surface area (Å²) in [7, 11) is 0. The third kappa shape index (κ3) is 3.27. The molecule has 0 radical (unpaired) electrons. The Balaban J connectivity index is 1.61. The van der Waals surface area contributed by atoms with Crippen molar-refractivity contribution in [2.45, 2.75) is 40.2 Å². The highest BCUT2D eigenvalue weighted by Crippen LogP contribution is 2.24. The van der Waals surface area contributed by atoms with E-state index < -0.39 is 0 Å². The summed E-state index contributed by atoms with van der Waals surface area (Å²) in [5.74, 6) is 1.00. The van der Waals surface area contributed by atoms with Gasteiger partial charge in [0.1, 0.15) is 5.75 Å². The topological polar surface area (TPSA) is 34.1 Å². The zero-order chi connectivity index (χ0) is 14.8. The molecule has 0 fully saturated rings. The number of nitrogens with one attached hydrogen (secondary N) is 1. The second kappa shape index (κ2) is 6.16. The van der Waals surface area contributed by atoms with Gasteiger partial charge in [-0.2, -0.15) is 0 Å². The molecular formula is C17H22N2OS. The van der Waals surface area contributed by atoms with E-state index in [0.29, 0.717) is 6.61 Å². The Hall–Kier alpha value is -1.39. The average Bonchev–Trinajstić information content (AvgIpc) is 2.87. The summed E-state index contributed by atoms with van der Waals surface area (Å²) in [6, 6.07) is 4.33. The van der Waals surface area contributed by atoms with Crippen LogP contribution in [0, 0.1) is 20.8 Å². The molecule has 0 spiro atoms. The lowest BCUT2D eigenvalue weighted by atomic mass is 10.1. The van der Waals surface area contributed by atoms with Crippen LogP contribution >= 0.6 is 11.3 Å². The van der Waals surface area contributed by atoms with Gasteiger partial charge in [-0.15, -0.1) is 11.3 Å². The molecule has 0 saturated heterocycles. The number of ether oxygens (including phenoxy) is 1. The fraction of sp³-hybridized carbons (Fsp3) is 0.471. The molecule has 0 atom stereocenters. The fourth-order valence-electron chi connectivity index (χ4n) is 2.62. The molecule has 2 heterocycles. The fourth-order valence-corrected chi connectivity index (χ4v) is 3.69. The van der Waals surface area contributed by atoms with E-state index in [9.17, 15) is 0 Å². The van der Waals surface area contributed by atoms with Gasteiger partial charge in [-0.05, 0) is 43.5 Å². The minimum Gasteiger partial charge on any atom is -0.493 e. The van der Waals surface area contributed by atoms with Gasteiger partial charge in [0, 0.05) is 30.8 Å². The van der Waals surface area contributed by atoms with Crippen molar-refractivity contribution in [2.75, 3.05) is 13.2 Å². The number of hydrogen-bond donors (Lipinski definition) is 1. The lowest BCUT2D eigenvalue weighted by Crippen LogP contribution is -2.22. The molecule has 2 aromatic rings. The van der Waals surface area contributed by atoms with Crippen LogP contribution in [0.15, 0.2) is 12.1 Å². The van der Waals surface area contributed by atoms with Crippen molar-refractivity contribution in [3.05, 3.63) is 44.4 Å². The van der Waals surface area contributed by atoms with Crippen molar-refractivity contribution in [3.63, 3.8) is 0 Å². The first kappa shape index (κ1) is 14.5. The minimum atomic E-state index is 0.698. The maximum atomic E-state index is 5.96. The van der Waals surface area contributed by atoms with Crippen LogP contribution in [0.3, 0.4) is 0 Å². The average molecular weight is 302 g/mol. The van der Waals surface area contributed by atoms with Crippen LogP contribution in [0.1, 0.15) is 32.3 Å². The molecule has 0 saturated carbocycles. The Morgan fingerprint density at radius 1 is 1.19 bits per heavy atom. The van der Waals surface area contributed by atoms with E-state index >= 15 is 0 Å². The third-order valence-electron chi connectivity index (χ3n) is 4.01. The predicted octanol–water partition coefficient (Wildman–Crippen LogP) is 3.34. The molecular weight excluding hydrogens is 280 g/mol. The predicted molar refractivity (Wildman–Crippen MR) is 87.4 cm³/mol. The molecule has 0 unspecified atom stereocenters. The van der Waals surface area contributed by atoms with Crippen molar-refractivity contribution in [1.29, 1.82) is 0 Å². The van der Waals surface area contributed by atoms with Crippen LogP contribution in [0.25, 0.3) is 0 Å². The second-order valence-electron chi connectivity index (χ2n) is 5.70. The summed E-state index contributed by atoms with van der Waals surface area (Å²) in [5, 5.41) is 4.59. The molecule has 0 amide bonds. The highest BCUT2D eigenvalue weighted by Gasteiger charge is 2.14. The number of nitrogens with zero attached hydrogens (tertiary/aromatic N) is 1. The Labute approximate surface area is 130 Å².